The molecule has 0 bridgehead atoms. The summed E-state index contributed by atoms with van der Waals surface area (Å²) in [6, 6.07) is 26.4. The standard InChI is InChI=1S/C29H16N4/c1-17-23-19-12-6-9-15-22(19)29(33-31-2)27(23)25(18-10-4-3-5-11-18)26-20-13-7-8-14-21(20)28(24(17)26)32-16-30/h3-15H,1H3/b32-28?,33-29+. The first-order valence-corrected chi connectivity index (χ1v) is 10.6. The van der Waals surface area contributed by atoms with Gasteiger partial charge in [0.1, 0.15) is 0 Å². The van der Waals surface area contributed by atoms with E-state index in [0.29, 0.717) is 10.7 Å². The van der Waals surface area contributed by atoms with Crippen LogP contribution in [-0.2, 0) is 0 Å². The fourth-order valence-corrected chi connectivity index (χ4v) is 5.31. The van der Waals surface area contributed by atoms with Crippen molar-refractivity contribution in [2.75, 3.05) is 0 Å². The first-order valence-electron chi connectivity index (χ1n) is 10.6. The zero-order valence-corrected chi connectivity index (χ0v) is 17.8. The highest BCUT2D eigenvalue weighted by Gasteiger charge is 2.24. The number of aryl methyl sites for hydroxylation is 1. The molecule has 6 aromatic carbocycles. The van der Waals surface area contributed by atoms with E-state index >= 15 is 0 Å². The lowest BCUT2D eigenvalue weighted by molar-refractivity contribution is 1.37. The van der Waals surface area contributed by atoms with Gasteiger partial charge in [0.2, 0.25) is 6.19 Å². The molecule has 0 aliphatic carbocycles. The molecule has 0 amide bonds. The summed E-state index contributed by atoms with van der Waals surface area (Å²) in [5.74, 6) is 0. The van der Waals surface area contributed by atoms with Gasteiger partial charge in [-0.25, -0.2) is 0 Å². The Morgan fingerprint density at radius 2 is 1.27 bits per heavy atom. The third-order valence-electron chi connectivity index (χ3n) is 6.50. The summed E-state index contributed by atoms with van der Waals surface area (Å²) in [6.45, 7) is 9.60. The number of nitriles is 1. The lowest BCUT2D eigenvalue weighted by Crippen LogP contribution is -2.03. The van der Waals surface area contributed by atoms with Crippen molar-refractivity contribution in [2.45, 2.75) is 6.92 Å². The van der Waals surface area contributed by atoms with Crippen molar-refractivity contribution in [3.63, 3.8) is 0 Å². The first kappa shape index (κ1) is 18.9. The second-order valence-corrected chi connectivity index (χ2v) is 8.07. The van der Waals surface area contributed by atoms with E-state index in [-0.39, 0.29) is 0 Å². The molecule has 0 atom stereocenters. The van der Waals surface area contributed by atoms with Crippen LogP contribution in [0.1, 0.15) is 5.56 Å². The molecule has 0 unspecified atom stereocenters. The Hall–Kier alpha value is -4.80. The number of hydrogen-bond donors (Lipinski definition) is 0. The fraction of sp³-hybridized carbons (Fsp3) is 0.0345. The molecule has 0 aliphatic heterocycles. The van der Waals surface area contributed by atoms with Crippen molar-refractivity contribution in [1.29, 1.82) is 5.26 Å². The van der Waals surface area contributed by atoms with Crippen LogP contribution in [0, 0.1) is 25.0 Å². The lowest BCUT2D eigenvalue weighted by Gasteiger charge is -2.11. The molecule has 4 heteroatoms. The average molecular weight is 420 g/mol. The van der Waals surface area contributed by atoms with E-state index in [1.165, 1.54) is 0 Å². The van der Waals surface area contributed by atoms with Crippen LogP contribution in [0.15, 0.2) is 89.0 Å². The predicted octanol–water partition coefficient (Wildman–Crippen LogP) is 6.27. The summed E-state index contributed by atoms with van der Waals surface area (Å²) in [4.78, 5) is 7.72. The highest BCUT2D eigenvalue weighted by atomic mass is 15.2. The minimum atomic E-state index is 0.698. The van der Waals surface area contributed by atoms with Gasteiger partial charge in [-0.3, -0.25) is 0 Å². The van der Waals surface area contributed by atoms with Crippen molar-refractivity contribution < 1.29 is 0 Å². The van der Waals surface area contributed by atoms with Gasteiger partial charge >= 0.3 is 0 Å². The Bertz CT molecular complexity index is 1930. The van der Waals surface area contributed by atoms with Crippen molar-refractivity contribution in [2.24, 2.45) is 10.1 Å². The molecule has 0 N–H and O–H groups in total. The van der Waals surface area contributed by atoms with Crippen LogP contribution in [0.2, 0.25) is 0 Å². The molecule has 0 aliphatic rings. The van der Waals surface area contributed by atoms with Gasteiger partial charge < -0.3 is 0 Å². The van der Waals surface area contributed by atoms with Crippen molar-refractivity contribution in [3.8, 4) is 17.3 Å². The predicted molar refractivity (Wildman–Crippen MR) is 132 cm³/mol. The minimum absolute atomic E-state index is 0.698. The Labute approximate surface area is 189 Å². The van der Waals surface area contributed by atoms with Gasteiger partial charge in [0.25, 0.3) is 0 Å². The van der Waals surface area contributed by atoms with Crippen LogP contribution >= 0.6 is 0 Å². The number of benzene rings is 4. The summed E-state index contributed by atoms with van der Waals surface area (Å²) in [7, 11) is 0. The molecular weight excluding hydrogens is 404 g/mol. The summed E-state index contributed by atoms with van der Waals surface area (Å²) >= 11 is 0. The number of fused-ring (bicyclic) bond motifs is 6. The number of rotatable bonds is 1. The molecular formula is C29H16N4. The van der Waals surface area contributed by atoms with Gasteiger partial charge in [-0.2, -0.15) is 16.8 Å². The van der Waals surface area contributed by atoms with Gasteiger partial charge in [-0.15, -0.1) is 4.95 Å². The molecule has 0 radical (unpaired) electrons. The normalized spacial score (nSPS) is 12.7. The second kappa shape index (κ2) is 7.12. The molecule has 6 rings (SSSR count). The molecule has 0 heterocycles. The average Bonchev–Trinajstić information content (AvgIpc) is 3.35. The van der Waals surface area contributed by atoms with Crippen LogP contribution < -0.4 is 10.7 Å². The third kappa shape index (κ3) is 2.50. The van der Waals surface area contributed by atoms with Crippen molar-refractivity contribution >= 4 is 43.1 Å². The Morgan fingerprint density at radius 3 is 1.91 bits per heavy atom. The van der Waals surface area contributed by atoms with Gasteiger partial charge in [0.05, 0.1) is 10.5 Å². The maximum absolute atomic E-state index is 9.53. The molecule has 0 spiro atoms. The SMILES string of the molecule is [C-]#[N+]/N=c1\c2ccccc2c2c(C)c3c(=NC#N)c4ccccc4c3c(-c3ccccc3)c12. The van der Waals surface area contributed by atoms with Crippen LogP contribution in [0.3, 0.4) is 0 Å². The molecule has 152 valence electrons. The van der Waals surface area contributed by atoms with E-state index in [0.717, 1.165) is 59.8 Å². The molecule has 0 fully saturated rings. The molecule has 0 saturated carbocycles. The quantitative estimate of drug-likeness (QED) is 0.176. The van der Waals surface area contributed by atoms with E-state index in [1.807, 2.05) is 60.8 Å². The first-order chi connectivity index (χ1) is 16.3. The van der Waals surface area contributed by atoms with E-state index in [2.05, 4.69) is 46.2 Å². The Morgan fingerprint density at radius 1 is 0.697 bits per heavy atom. The van der Waals surface area contributed by atoms with E-state index < -0.39 is 0 Å². The van der Waals surface area contributed by atoms with Crippen molar-refractivity contribution in [3.05, 3.63) is 107 Å². The summed E-state index contributed by atoms with van der Waals surface area (Å²) in [5, 5.41) is 23.3. The maximum atomic E-state index is 9.53. The van der Waals surface area contributed by atoms with Crippen LogP contribution in [-0.4, -0.2) is 0 Å². The molecule has 0 aromatic heterocycles. The number of hydrogen-bond acceptors (Lipinski definition) is 3. The maximum Gasteiger partial charge on any atom is 0.206 e. The molecule has 0 saturated heterocycles. The minimum Gasteiger partial charge on any atom is -0.181 e. The topological polar surface area (TPSA) is 52.9 Å². The van der Waals surface area contributed by atoms with E-state index in [1.54, 1.807) is 0 Å². The molecule has 4 nitrogen and oxygen atoms in total. The summed E-state index contributed by atoms with van der Waals surface area (Å²) in [5.41, 5.74) is 3.12. The zero-order valence-electron chi connectivity index (χ0n) is 17.8. The highest BCUT2D eigenvalue weighted by molar-refractivity contribution is 6.30. The molecule has 33 heavy (non-hydrogen) atoms. The summed E-state index contributed by atoms with van der Waals surface area (Å²) < 4.78 is 0. The number of nitrogens with zero attached hydrogens (tertiary/aromatic N) is 4. The second-order valence-electron chi connectivity index (χ2n) is 8.07. The van der Waals surface area contributed by atoms with Crippen LogP contribution in [0.4, 0.5) is 0 Å². The van der Waals surface area contributed by atoms with Crippen LogP contribution in [0.5, 0.6) is 0 Å². The zero-order chi connectivity index (χ0) is 22.5. The van der Waals surface area contributed by atoms with Crippen LogP contribution in [0.25, 0.3) is 59.2 Å². The smallest absolute Gasteiger partial charge is 0.181 e. The monoisotopic (exact) mass is 420 g/mol. The lowest BCUT2D eigenvalue weighted by atomic mass is 9.91. The van der Waals surface area contributed by atoms with Gasteiger partial charge in [-0.05, 0) is 34.2 Å². The Kier molecular flexibility index (Phi) is 4.09. The summed E-state index contributed by atoms with van der Waals surface area (Å²) in [6.07, 6.45) is 2.02. The van der Waals surface area contributed by atoms with E-state index in [9.17, 15) is 5.26 Å². The van der Waals surface area contributed by atoms with E-state index in [4.69, 9.17) is 6.57 Å². The van der Waals surface area contributed by atoms with Crippen molar-refractivity contribution in [1.82, 2.24) is 0 Å². The largest absolute Gasteiger partial charge is 0.206 e. The molecule has 6 aromatic rings. The third-order valence-corrected chi connectivity index (χ3v) is 6.50. The van der Waals surface area contributed by atoms with Gasteiger partial charge in [-0.1, -0.05) is 78.9 Å². The van der Waals surface area contributed by atoms with Gasteiger partial charge in [0.15, 0.2) is 5.36 Å². The highest BCUT2D eigenvalue weighted by Crippen LogP contribution is 2.43. The Balaban J connectivity index is 2.10. The fourth-order valence-electron chi connectivity index (χ4n) is 5.31. The van der Waals surface area contributed by atoms with Gasteiger partial charge in [0, 0.05) is 32.5 Å².